The van der Waals surface area contributed by atoms with Crippen LogP contribution in [-0.2, 0) is 11.2 Å². The van der Waals surface area contributed by atoms with Gasteiger partial charge in [-0.15, -0.1) is 0 Å². The number of hydrogen-bond acceptors (Lipinski definition) is 5. The van der Waals surface area contributed by atoms with Crippen LogP contribution < -0.4 is 4.90 Å². The lowest BCUT2D eigenvalue weighted by molar-refractivity contribution is -0.0713. The zero-order valence-corrected chi connectivity index (χ0v) is 19.0. The summed E-state index contributed by atoms with van der Waals surface area (Å²) in [4.78, 5) is 9.70. The molecule has 0 amide bonds. The molecule has 0 aliphatic carbocycles. The van der Waals surface area contributed by atoms with Gasteiger partial charge in [-0.2, -0.15) is 0 Å². The number of aliphatic hydroxyl groups is 1. The minimum Gasteiger partial charge on any atom is -0.377 e. The van der Waals surface area contributed by atoms with E-state index in [1.807, 2.05) is 6.07 Å². The standard InChI is InChI=1S/C27H33N3O2/c1-2-32-24-13-17-30(19-24)26-9-8-22(25(28-26)18-21-6-4-3-5-7-21)10-14-27(31)20-29-15-11-23(27)12-16-29/h3-9,23-24,31H,2,11-13,15-20H2,1H3/t24?,27-/m1/s1. The summed E-state index contributed by atoms with van der Waals surface area (Å²) in [5, 5.41) is 11.3. The molecule has 0 radical (unpaired) electrons. The first kappa shape index (κ1) is 21.5. The van der Waals surface area contributed by atoms with Gasteiger partial charge in [0, 0.05) is 44.1 Å². The van der Waals surface area contributed by atoms with Gasteiger partial charge in [0.25, 0.3) is 0 Å². The minimum absolute atomic E-state index is 0.282. The fraction of sp³-hybridized carbons (Fsp3) is 0.519. The summed E-state index contributed by atoms with van der Waals surface area (Å²) in [5.41, 5.74) is 2.21. The first-order chi connectivity index (χ1) is 15.6. The highest BCUT2D eigenvalue weighted by Crippen LogP contribution is 2.35. The van der Waals surface area contributed by atoms with E-state index < -0.39 is 5.60 Å². The van der Waals surface area contributed by atoms with E-state index in [0.29, 0.717) is 6.54 Å². The van der Waals surface area contributed by atoms with E-state index in [1.165, 1.54) is 5.56 Å². The first-order valence-electron chi connectivity index (χ1n) is 12.0. The van der Waals surface area contributed by atoms with Crippen molar-refractivity contribution in [2.75, 3.05) is 44.2 Å². The van der Waals surface area contributed by atoms with Gasteiger partial charge in [-0.05, 0) is 57.0 Å². The number of aromatic nitrogens is 1. The molecule has 4 aliphatic heterocycles. The lowest BCUT2D eigenvalue weighted by atomic mass is 9.75. The van der Waals surface area contributed by atoms with Crippen molar-refractivity contribution in [3.8, 4) is 11.8 Å². The Morgan fingerprint density at radius 2 is 1.91 bits per heavy atom. The molecule has 1 aromatic carbocycles. The molecule has 2 atom stereocenters. The van der Waals surface area contributed by atoms with E-state index >= 15 is 0 Å². The maximum atomic E-state index is 11.3. The van der Waals surface area contributed by atoms with Crippen LogP contribution in [0, 0.1) is 17.8 Å². The molecule has 5 nitrogen and oxygen atoms in total. The van der Waals surface area contributed by atoms with E-state index in [9.17, 15) is 5.11 Å². The molecule has 0 saturated carbocycles. The number of benzene rings is 1. The van der Waals surface area contributed by atoms with E-state index in [2.05, 4.69) is 65.0 Å². The molecule has 168 valence electrons. The van der Waals surface area contributed by atoms with E-state index in [0.717, 1.165) is 75.5 Å². The molecule has 6 rings (SSSR count). The topological polar surface area (TPSA) is 48.8 Å². The number of fused-ring (bicyclic) bond motifs is 3. The number of hydrogen-bond donors (Lipinski definition) is 1. The Labute approximate surface area is 191 Å². The molecule has 2 aromatic rings. The fourth-order valence-corrected chi connectivity index (χ4v) is 5.37. The summed E-state index contributed by atoms with van der Waals surface area (Å²) in [5.74, 6) is 7.89. The van der Waals surface area contributed by atoms with E-state index in [-0.39, 0.29) is 12.0 Å². The summed E-state index contributed by atoms with van der Waals surface area (Å²) in [6.45, 7) is 7.48. The number of rotatable bonds is 5. The zero-order valence-electron chi connectivity index (χ0n) is 19.0. The average molecular weight is 432 g/mol. The van der Waals surface area contributed by atoms with Crippen molar-refractivity contribution in [1.29, 1.82) is 0 Å². The Morgan fingerprint density at radius 1 is 1.09 bits per heavy atom. The van der Waals surface area contributed by atoms with Crippen molar-refractivity contribution >= 4 is 5.82 Å². The summed E-state index contributed by atoms with van der Waals surface area (Å²) in [7, 11) is 0. The number of pyridine rings is 1. The second-order valence-electron chi connectivity index (χ2n) is 9.36. The van der Waals surface area contributed by atoms with Gasteiger partial charge in [0.1, 0.15) is 11.4 Å². The van der Waals surface area contributed by atoms with Crippen molar-refractivity contribution in [2.45, 2.75) is 44.3 Å². The van der Waals surface area contributed by atoms with Gasteiger partial charge in [-0.25, -0.2) is 4.98 Å². The Kier molecular flexibility index (Phi) is 6.19. The minimum atomic E-state index is -0.904. The van der Waals surface area contributed by atoms with Crippen LogP contribution >= 0.6 is 0 Å². The van der Waals surface area contributed by atoms with Crippen LogP contribution in [0.3, 0.4) is 0 Å². The third-order valence-corrected chi connectivity index (χ3v) is 7.19. The average Bonchev–Trinajstić information content (AvgIpc) is 3.28. The van der Waals surface area contributed by atoms with E-state index in [1.54, 1.807) is 0 Å². The van der Waals surface area contributed by atoms with Gasteiger partial charge in [0.05, 0.1) is 11.8 Å². The molecule has 4 aliphatic rings. The van der Waals surface area contributed by atoms with Crippen LogP contribution in [0.1, 0.15) is 43.0 Å². The highest BCUT2D eigenvalue weighted by atomic mass is 16.5. The molecule has 0 spiro atoms. The smallest absolute Gasteiger partial charge is 0.141 e. The summed E-state index contributed by atoms with van der Waals surface area (Å²) >= 11 is 0. The van der Waals surface area contributed by atoms with Crippen LogP contribution in [0.4, 0.5) is 5.82 Å². The second kappa shape index (κ2) is 9.23. The molecule has 4 fully saturated rings. The first-order valence-corrected chi connectivity index (χ1v) is 12.0. The molecular weight excluding hydrogens is 398 g/mol. The Morgan fingerprint density at radius 3 is 2.62 bits per heavy atom. The second-order valence-corrected chi connectivity index (χ2v) is 9.36. The maximum absolute atomic E-state index is 11.3. The summed E-state index contributed by atoms with van der Waals surface area (Å²) < 4.78 is 5.82. The van der Waals surface area contributed by atoms with Crippen LogP contribution in [0.25, 0.3) is 0 Å². The molecule has 32 heavy (non-hydrogen) atoms. The fourth-order valence-electron chi connectivity index (χ4n) is 5.37. The maximum Gasteiger partial charge on any atom is 0.141 e. The number of anilines is 1. The highest BCUT2D eigenvalue weighted by Gasteiger charge is 2.44. The van der Waals surface area contributed by atoms with Gasteiger partial charge in [-0.3, -0.25) is 4.90 Å². The predicted octanol–water partition coefficient (Wildman–Crippen LogP) is 3.10. The highest BCUT2D eigenvalue weighted by molar-refractivity contribution is 5.50. The third-order valence-electron chi connectivity index (χ3n) is 7.19. The third kappa shape index (κ3) is 4.54. The molecule has 1 aromatic heterocycles. The van der Waals surface area contributed by atoms with Gasteiger partial charge in [0.15, 0.2) is 0 Å². The van der Waals surface area contributed by atoms with Crippen molar-refractivity contribution in [3.63, 3.8) is 0 Å². The van der Waals surface area contributed by atoms with Gasteiger partial charge >= 0.3 is 0 Å². The van der Waals surface area contributed by atoms with Gasteiger partial charge in [0.2, 0.25) is 0 Å². The van der Waals surface area contributed by atoms with Crippen molar-refractivity contribution < 1.29 is 9.84 Å². The van der Waals surface area contributed by atoms with Crippen LogP contribution in [0.2, 0.25) is 0 Å². The lowest BCUT2D eigenvalue weighted by Gasteiger charge is -2.47. The molecule has 4 saturated heterocycles. The Bertz CT molecular complexity index is 991. The molecule has 5 heterocycles. The summed E-state index contributed by atoms with van der Waals surface area (Å²) in [6.07, 6.45) is 4.13. The van der Waals surface area contributed by atoms with Gasteiger partial charge in [-0.1, -0.05) is 42.2 Å². The number of piperidine rings is 3. The van der Waals surface area contributed by atoms with Crippen molar-refractivity contribution in [2.24, 2.45) is 5.92 Å². The predicted molar refractivity (Wildman–Crippen MR) is 127 cm³/mol. The molecule has 1 N–H and O–H groups in total. The van der Waals surface area contributed by atoms with Crippen LogP contribution in [0.15, 0.2) is 42.5 Å². The molecule has 2 bridgehead atoms. The monoisotopic (exact) mass is 431 g/mol. The number of nitrogens with zero attached hydrogens (tertiary/aromatic N) is 3. The van der Waals surface area contributed by atoms with Crippen LogP contribution in [-0.4, -0.2) is 66.0 Å². The van der Waals surface area contributed by atoms with Crippen molar-refractivity contribution in [3.05, 3.63) is 59.3 Å². The lowest BCUT2D eigenvalue weighted by Crippen LogP contribution is -2.58. The quantitative estimate of drug-likeness (QED) is 0.738. The summed E-state index contributed by atoms with van der Waals surface area (Å²) in [6, 6.07) is 14.6. The molecular formula is C27H33N3O2. The molecule has 5 heteroatoms. The van der Waals surface area contributed by atoms with E-state index in [4.69, 9.17) is 9.72 Å². The van der Waals surface area contributed by atoms with Crippen LogP contribution in [0.5, 0.6) is 0 Å². The van der Waals surface area contributed by atoms with Gasteiger partial charge < -0.3 is 14.7 Å². The SMILES string of the molecule is CCOC1CCN(c2ccc(C#C[C@@]3(O)CN4CCC3CC4)c(Cc3ccccc3)n2)C1. The van der Waals surface area contributed by atoms with Crippen molar-refractivity contribution in [1.82, 2.24) is 9.88 Å². The zero-order chi connectivity index (χ0) is 22.0. The Hall–Kier alpha value is -2.39. The normalized spacial score (nSPS) is 29.1. The number of ether oxygens (including phenoxy) is 1. The largest absolute Gasteiger partial charge is 0.377 e. The Balaban J connectivity index is 1.43. The molecule has 1 unspecified atom stereocenters.